The van der Waals surface area contributed by atoms with Gasteiger partial charge in [0.1, 0.15) is 0 Å². The predicted molar refractivity (Wildman–Crippen MR) is 87.1 cm³/mol. The number of pyridine rings is 1. The van der Waals surface area contributed by atoms with Crippen LogP contribution in [-0.4, -0.2) is 4.98 Å². The summed E-state index contributed by atoms with van der Waals surface area (Å²) >= 11 is 12.6. The van der Waals surface area contributed by atoms with Crippen molar-refractivity contribution in [1.82, 2.24) is 4.98 Å². The van der Waals surface area contributed by atoms with Gasteiger partial charge in [0, 0.05) is 39.6 Å². The van der Waals surface area contributed by atoms with E-state index in [4.69, 9.17) is 23.2 Å². The number of hydrogen-bond donors (Lipinski definition) is 1. The molecule has 3 atom stereocenters. The Bertz CT molecular complexity index is 712. The van der Waals surface area contributed by atoms with Crippen molar-refractivity contribution in [3.63, 3.8) is 0 Å². The Hall–Kier alpha value is -1.51. The molecule has 0 unspecified atom stereocenters. The van der Waals surface area contributed by atoms with Gasteiger partial charge in [-0.2, -0.15) is 0 Å². The molecule has 0 spiro atoms. The molecule has 4 rings (SSSR count). The summed E-state index contributed by atoms with van der Waals surface area (Å²) < 4.78 is 0. The second-order valence-electron chi connectivity index (χ2n) is 5.60. The summed E-state index contributed by atoms with van der Waals surface area (Å²) in [6, 6.07) is 8.21. The molecule has 106 valence electrons. The van der Waals surface area contributed by atoms with E-state index >= 15 is 0 Å². The highest BCUT2D eigenvalue weighted by molar-refractivity contribution is 6.35. The van der Waals surface area contributed by atoms with Crippen molar-refractivity contribution in [2.24, 2.45) is 5.92 Å². The van der Waals surface area contributed by atoms with E-state index in [2.05, 4.69) is 34.6 Å². The fourth-order valence-corrected chi connectivity index (χ4v) is 4.16. The standard InChI is InChI=1S/C17H14Cl2N2/c18-11-8-14(19)16-12-2-1-3-13(12)17(21-15(16)9-11)10-4-6-20-7-5-10/h1-2,4-9,12-13,17,21H,3H2/t12-,13-,17-/m0/s1. The van der Waals surface area contributed by atoms with Crippen LogP contribution in [0.4, 0.5) is 5.69 Å². The minimum atomic E-state index is 0.259. The summed E-state index contributed by atoms with van der Waals surface area (Å²) in [6.45, 7) is 0. The first-order valence-electron chi connectivity index (χ1n) is 7.06. The average Bonchev–Trinajstić information content (AvgIpc) is 2.95. The van der Waals surface area contributed by atoms with E-state index in [1.807, 2.05) is 24.5 Å². The lowest BCUT2D eigenvalue weighted by Gasteiger charge is -2.38. The van der Waals surface area contributed by atoms with E-state index in [1.54, 1.807) is 0 Å². The predicted octanol–water partition coefficient (Wildman–Crippen LogP) is 5.21. The van der Waals surface area contributed by atoms with Gasteiger partial charge >= 0.3 is 0 Å². The van der Waals surface area contributed by atoms with Crippen molar-refractivity contribution in [3.8, 4) is 0 Å². The molecule has 21 heavy (non-hydrogen) atoms. The number of nitrogens with one attached hydrogen (secondary N) is 1. The Balaban J connectivity index is 1.84. The number of aromatic nitrogens is 1. The summed E-state index contributed by atoms with van der Waals surface area (Å²) in [6.07, 6.45) is 9.27. The maximum absolute atomic E-state index is 6.44. The van der Waals surface area contributed by atoms with Gasteiger partial charge < -0.3 is 5.32 Å². The Morgan fingerprint density at radius 3 is 2.76 bits per heavy atom. The maximum atomic E-state index is 6.44. The molecule has 1 aromatic heterocycles. The third-order valence-corrected chi connectivity index (χ3v) is 4.98. The normalized spacial score (nSPS) is 26.1. The van der Waals surface area contributed by atoms with Gasteiger partial charge in [0.25, 0.3) is 0 Å². The van der Waals surface area contributed by atoms with E-state index in [9.17, 15) is 0 Å². The number of hydrogen-bond acceptors (Lipinski definition) is 2. The number of allylic oxidation sites excluding steroid dienone is 2. The van der Waals surface area contributed by atoms with E-state index < -0.39 is 0 Å². The lowest BCUT2D eigenvalue weighted by Crippen LogP contribution is -2.29. The van der Waals surface area contributed by atoms with E-state index in [0.29, 0.717) is 16.9 Å². The molecule has 2 heterocycles. The molecule has 0 fully saturated rings. The molecular formula is C17H14Cl2N2. The van der Waals surface area contributed by atoms with Gasteiger partial charge in [-0.05, 0) is 42.2 Å². The van der Waals surface area contributed by atoms with Crippen molar-refractivity contribution in [2.75, 3.05) is 5.32 Å². The summed E-state index contributed by atoms with van der Waals surface area (Å²) in [7, 11) is 0. The maximum Gasteiger partial charge on any atom is 0.0555 e. The van der Waals surface area contributed by atoms with E-state index in [1.165, 1.54) is 11.1 Å². The molecule has 0 saturated heterocycles. The highest BCUT2D eigenvalue weighted by Crippen LogP contribution is 2.52. The summed E-state index contributed by atoms with van der Waals surface area (Å²) in [5.74, 6) is 0.836. The first kappa shape index (κ1) is 13.2. The first-order valence-corrected chi connectivity index (χ1v) is 7.81. The smallest absolute Gasteiger partial charge is 0.0555 e. The fourth-order valence-electron chi connectivity index (χ4n) is 3.54. The van der Waals surface area contributed by atoms with Crippen LogP contribution in [0.1, 0.15) is 29.5 Å². The molecule has 4 heteroatoms. The van der Waals surface area contributed by atoms with Crippen LogP contribution in [-0.2, 0) is 0 Å². The first-order chi connectivity index (χ1) is 10.2. The quantitative estimate of drug-likeness (QED) is 0.730. The molecule has 0 amide bonds. The number of anilines is 1. The van der Waals surface area contributed by atoms with Crippen molar-refractivity contribution in [2.45, 2.75) is 18.4 Å². The van der Waals surface area contributed by atoms with Crippen LogP contribution in [0.15, 0.2) is 48.8 Å². The van der Waals surface area contributed by atoms with Crippen LogP contribution in [0.2, 0.25) is 10.0 Å². The van der Waals surface area contributed by atoms with Crippen LogP contribution in [0.3, 0.4) is 0 Å². The number of benzene rings is 1. The number of fused-ring (bicyclic) bond motifs is 3. The van der Waals surface area contributed by atoms with Crippen molar-refractivity contribution in [3.05, 3.63) is 70.0 Å². The molecule has 0 radical (unpaired) electrons. The molecule has 2 aliphatic rings. The molecule has 0 saturated carbocycles. The van der Waals surface area contributed by atoms with Crippen molar-refractivity contribution < 1.29 is 0 Å². The molecule has 1 aliphatic carbocycles. The zero-order chi connectivity index (χ0) is 14.4. The SMILES string of the molecule is Clc1cc(Cl)c2c(c1)N[C@@H](c1ccncc1)[C@H]1CC=C[C@H]21. The zero-order valence-corrected chi connectivity index (χ0v) is 12.8. The van der Waals surface area contributed by atoms with Gasteiger partial charge in [-0.3, -0.25) is 4.98 Å². The van der Waals surface area contributed by atoms with Crippen molar-refractivity contribution >= 4 is 28.9 Å². The molecule has 1 aliphatic heterocycles. The molecular weight excluding hydrogens is 303 g/mol. The van der Waals surface area contributed by atoms with Crippen LogP contribution in [0.25, 0.3) is 0 Å². The monoisotopic (exact) mass is 316 g/mol. The summed E-state index contributed by atoms with van der Waals surface area (Å²) in [5, 5.41) is 5.05. The highest BCUT2D eigenvalue weighted by atomic mass is 35.5. The Labute approximate surface area is 133 Å². The lowest BCUT2D eigenvalue weighted by atomic mass is 9.77. The third kappa shape index (κ3) is 2.14. The molecule has 0 bridgehead atoms. The average molecular weight is 317 g/mol. The fraction of sp³-hybridized carbons (Fsp3) is 0.235. The van der Waals surface area contributed by atoms with Crippen LogP contribution >= 0.6 is 23.2 Å². The highest BCUT2D eigenvalue weighted by Gasteiger charge is 2.39. The second kappa shape index (κ2) is 5.04. The van der Waals surface area contributed by atoms with Gasteiger partial charge in [-0.1, -0.05) is 35.4 Å². The van der Waals surface area contributed by atoms with Crippen LogP contribution < -0.4 is 5.32 Å². The van der Waals surface area contributed by atoms with E-state index in [0.717, 1.165) is 17.1 Å². The minimum absolute atomic E-state index is 0.259. The number of nitrogens with zero attached hydrogens (tertiary/aromatic N) is 1. The minimum Gasteiger partial charge on any atom is -0.378 e. The largest absolute Gasteiger partial charge is 0.378 e. The number of halogens is 2. The molecule has 2 nitrogen and oxygen atoms in total. The molecule has 2 aromatic rings. The zero-order valence-electron chi connectivity index (χ0n) is 11.3. The second-order valence-corrected chi connectivity index (χ2v) is 6.45. The molecule has 1 N–H and O–H groups in total. The Morgan fingerprint density at radius 1 is 1.14 bits per heavy atom. The Morgan fingerprint density at radius 2 is 1.95 bits per heavy atom. The topological polar surface area (TPSA) is 24.9 Å². The Kier molecular flexibility index (Phi) is 3.16. The molecule has 1 aromatic carbocycles. The lowest BCUT2D eigenvalue weighted by molar-refractivity contribution is 0.425. The summed E-state index contributed by atoms with van der Waals surface area (Å²) in [5.41, 5.74) is 3.47. The van der Waals surface area contributed by atoms with Gasteiger partial charge in [0.2, 0.25) is 0 Å². The third-order valence-electron chi connectivity index (χ3n) is 4.44. The van der Waals surface area contributed by atoms with E-state index in [-0.39, 0.29) is 6.04 Å². The van der Waals surface area contributed by atoms with Gasteiger partial charge in [-0.15, -0.1) is 0 Å². The van der Waals surface area contributed by atoms with Crippen LogP contribution in [0.5, 0.6) is 0 Å². The van der Waals surface area contributed by atoms with Gasteiger partial charge in [0.15, 0.2) is 0 Å². The number of rotatable bonds is 1. The summed E-state index contributed by atoms with van der Waals surface area (Å²) in [4.78, 5) is 4.11. The van der Waals surface area contributed by atoms with Gasteiger partial charge in [-0.25, -0.2) is 0 Å². The van der Waals surface area contributed by atoms with Crippen molar-refractivity contribution in [1.29, 1.82) is 0 Å². The van der Waals surface area contributed by atoms with Gasteiger partial charge in [0.05, 0.1) is 6.04 Å². The van der Waals surface area contributed by atoms with Crippen LogP contribution in [0, 0.1) is 5.92 Å².